The van der Waals surface area contributed by atoms with Gasteiger partial charge in [-0.15, -0.1) is 0 Å². The predicted molar refractivity (Wildman–Crippen MR) is 63.0 cm³/mol. The number of hydrogen-bond donors (Lipinski definition) is 1. The molecule has 1 heterocycles. The Hall–Kier alpha value is -1.60. The van der Waals surface area contributed by atoms with E-state index >= 15 is 0 Å². The van der Waals surface area contributed by atoms with Gasteiger partial charge in [-0.25, -0.2) is 4.39 Å². The van der Waals surface area contributed by atoms with Gasteiger partial charge in [-0.05, 0) is 31.0 Å². The summed E-state index contributed by atoms with van der Waals surface area (Å²) in [7, 11) is 0. The van der Waals surface area contributed by atoms with Crippen molar-refractivity contribution in [3.05, 3.63) is 30.1 Å². The quantitative estimate of drug-likeness (QED) is 0.855. The molecular formula is C13H15FN2O. The van der Waals surface area contributed by atoms with Crippen LogP contribution in [0.4, 0.5) is 10.1 Å². The topological polar surface area (TPSA) is 45.0 Å². The predicted octanol–water partition coefficient (Wildman–Crippen LogP) is 2.70. The summed E-state index contributed by atoms with van der Waals surface area (Å²) in [5, 5.41) is 12.5. The minimum absolute atomic E-state index is 0.298. The van der Waals surface area contributed by atoms with Crippen LogP contribution in [0.25, 0.3) is 0 Å². The Morgan fingerprint density at radius 1 is 1.35 bits per heavy atom. The van der Waals surface area contributed by atoms with Crippen molar-refractivity contribution < 1.29 is 9.13 Å². The van der Waals surface area contributed by atoms with Crippen LogP contribution in [-0.2, 0) is 4.74 Å². The van der Waals surface area contributed by atoms with E-state index in [2.05, 4.69) is 11.4 Å². The molecule has 0 radical (unpaired) electrons. The maximum absolute atomic E-state index is 13.1. The van der Waals surface area contributed by atoms with Gasteiger partial charge in [0.15, 0.2) is 0 Å². The van der Waals surface area contributed by atoms with Gasteiger partial charge in [0.1, 0.15) is 11.4 Å². The molecule has 1 aromatic carbocycles. The number of nitrogens with one attached hydrogen (secondary N) is 1. The molecule has 1 aliphatic heterocycles. The van der Waals surface area contributed by atoms with Crippen LogP contribution in [0.3, 0.4) is 0 Å². The summed E-state index contributed by atoms with van der Waals surface area (Å²) in [4.78, 5) is 0. The third-order valence-corrected chi connectivity index (χ3v) is 2.99. The molecule has 0 saturated carbocycles. The molecule has 1 N–H and O–H groups in total. The summed E-state index contributed by atoms with van der Waals surface area (Å²) in [5.41, 5.74) is 0.0121. The highest BCUT2D eigenvalue weighted by Crippen LogP contribution is 2.26. The number of halogens is 1. The third kappa shape index (κ3) is 2.95. The molecule has 0 aromatic heterocycles. The van der Waals surface area contributed by atoms with E-state index in [1.807, 2.05) is 0 Å². The van der Waals surface area contributed by atoms with Crippen molar-refractivity contribution in [3.8, 4) is 6.07 Å². The van der Waals surface area contributed by atoms with E-state index in [-0.39, 0.29) is 5.82 Å². The Bertz CT molecular complexity index is 420. The van der Waals surface area contributed by atoms with Gasteiger partial charge < -0.3 is 10.1 Å². The Morgan fingerprint density at radius 3 is 3.00 bits per heavy atom. The maximum atomic E-state index is 13.1. The smallest absolute Gasteiger partial charge is 0.127 e. The molecule has 0 bridgehead atoms. The van der Waals surface area contributed by atoms with Crippen molar-refractivity contribution in [1.82, 2.24) is 0 Å². The Labute approximate surface area is 100 Å². The van der Waals surface area contributed by atoms with Crippen LogP contribution in [0.15, 0.2) is 24.3 Å². The van der Waals surface area contributed by atoms with Crippen LogP contribution in [0.5, 0.6) is 0 Å². The number of anilines is 1. The number of benzene rings is 1. The zero-order chi connectivity index (χ0) is 12.1. The Kier molecular flexibility index (Phi) is 3.60. The monoisotopic (exact) mass is 234 g/mol. The molecule has 1 fully saturated rings. The van der Waals surface area contributed by atoms with Crippen LogP contribution in [0, 0.1) is 17.1 Å². The first kappa shape index (κ1) is 11.9. The lowest BCUT2D eigenvalue weighted by molar-refractivity contribution is 0.142. The minimum Gasteiger partial charge on any atom is -0.381 e. The average Bonchev–Trinajstić information content (AvgIpc) is 2.55. The molecule has 1 aliphatic rings. The van der Waals surface area contributed by atoms with Crippen LogP contribution < -0.4 is 5.32 Å². The van der Waals surface area contributed by atoms with Crippen LogP contribution in [-0.4, -0.2) is 18.8 Å². The van der Waals surface area contributed by atoms with E-state index in [4.69, 9.17) is 4.74 Å². The fraction of sp³-hybridized carbons (Fsp3) is 0.462. The van der Waals surface area contributed by atoms with Crippen molar-refractivity contribution in [2.24, 2.45) is 0 Å². The average molecular weight is 234 g/mol. The lowest BCUT2D eigenvalue weighted by atomic mass is 9.92. The molecule has 4 heteroatoms. The van der Waals surface area contributed by atoms with Gasteiger partial charge in [-0.3, -0.25) is 0 Å². The van der Waals surface area contributed by atoms with Crippen LogP contribution in [0.2, 0.25) is 0 Å². The van der Waals surface area contributed by atoms with Gasteiger partial charge >= 0.3 is 0 Å². The molecule has 2 rings (SSSR count). The molecule has 3 nitrogen and oxygen atoms in total. The van der Waals surface area contributed by atoms with Crippen molar-refractivity contribution in [1.29, 1.82) is 5.26 Å². The van der Waals surface area contributed by atoms with Gasteiger partial charge in [0.2, 0.25) is 0 Å². The second-order valence-electron chi connectivity index (χ2n) is 4.30. The SMILES string of the molecule is N#CC1(Nc2cccc(F)c2)CCCOCC1. The van der Waals surface area contributed by atoms with Crippen molar-refractivity contribution in [2.75, 3.05) is 18.5 Å². The van der Waals surface area contributed by atoms with Gasteiger partial charge in [0.25, 0.3) is 0 Å². The molecule has 1 saturated heterocycles. The second kappa shape index (κ2) is 5.15. The van der Waals surface area contributed by atoms with E-state index in [1.54, 1.807) is 12.1 Å². The molecule has 1 unspecified atom stereocenters. The summed E-state index contributed by atoms with van der Waals surface area (Å²) in [6, 6.07) is 8.52. The lowest BCUT2D eigenvalue weighted by Crippen LogP contribution is -2.36. The molecular weight excluding hydrogens is 219 g/mol. The van der Waals surface area contributed by atoms with Crippen LogP contribution in [0.1, 0.15) is 19.3 Å². The van der Waals surface area contributed by atoms with E-state index in [0.717, 1.165) is 12.8 Å². The minimum atomic E-state index is -0.635. The van der Waals surface area contributed by atoms with E-state index < -0.39 is 5.54 Å². The molecule has 90 valence electrons. The van der Waals surface area contributed by atoms with E-state index in [1.165, 1.54) is 12.1 Å². The van der Waals surface area contributed by atoms with Gasteiger partial charge in [-0.2, -0.15) is 5.26 Å². The largest absolute Gasteiger partial charge is 0.381 e. The molecule has 17 heavy (non-hydrogen) atoms. The summed E-state index contributed by atoms with van der Waals surface area (Å²) < 4.78 is 18.4. The first-order chi connectivity index (χ1) is 8.24. The number of nitriles is 1. The third-order valence-electron chi connectivity index (χ3n) is 2.99. The summed E-state index contributed by atoms with van der Waals surface area (Å²) >= 11 is 0. The first-order valence-corrected chi connectivity index (χ1v) is 5.77. The number of rotatable bonds is 2. The summed E-state index contributed by atoms with van der Waals surface area (Å²) in [6.45, 7) is 1.25. The fourth-order valence-corrected chi connectivity index (χ4v) is 2.06. The van der Waals surface area contributed by atoms with Gasteiger partial charge in [0.05, 0.1) is 6.07 Å². The van der Waals surface area contributed by atoms with Crippen LogP contribution >= 0.6 is 0 Å². The second-order valence-corrected chi connectivity index (χ2v) is 4.30. The van der Waals surface area contributed by atoms with E-state index in [9.17, 15) is 9.65 Å². The van der Waals surface area contributed by atoms with Gasteiger partial charge in [-0.1, -0.05) is 6.07 Å². The highest BCUT2D eigenvalue weighted by molar-refractivity contribution is 5.47. The fourth-order valence-electron chi connectivity index (χ4n) is 2.06. The molecule has 1 aromatic rings. The zero-order valence-electron chi connectivity index (χ0n) is 9.58. The molecule has 0 aliphatic carbocycles. The summed E-state index contributed by atoms with van der Waals surface area (Å²) in [6.07, 6.45) is 2.19. The number of hydrogen-bond acceptors (Lipinski definition) is 3. The highest BCUT2D eigenvalue weighted by atomic mass is 19.1. The molecule has 0 amide bonds. The number of nitrogens with zero attached hydrogens (tertiary/aromatic N) is 1. The zero-order valence-corrected chi connectivity index (χ0v) is 9.58. The van der Waals surface area contributed by atoms with E-state index in [0.29, 0.717) is 25.3 Å². The standard InChI is InChI=1S/C13H15FN2O/c14-11-3-1-4-12(9-11)16-13(10-15)5-2-7-17-8-6-13/h1,3-4,9,16H,2,5-8H2. The van der Waals surface area contributed by atoms with Crippen molar-refractivity contribution in [2.45, 2.75) is 24.8 Å². The van der Waals surface area contributed by atoms with Crippen molar-refractivity contribution in [3.63, 3.8) is 0 Å². The lowest BCUT2D eigenvalue weighted by Gasteiger charge is -2.26. The summed E-state index contributed by atoms with van der Waals surface area (Å²) in [5.74, 6) is -0.298. The molecule has 1 atom stereocenters. The van der Waals surface area contributed by atoms with Gasteiger partial charge in [0, 0.05) is 25.3 Å². The first-order valence-electron chi connectivity index (χ1n) is 5.77. The Balaban J connectivity index is 2.16. The molecule has 0 spiro atoms. The highest BCUT2D eigenvalue weighted by Gasteiger charge is 2.31. The Morgan fingerprint density at radius 2 is 2.24 bits per heavy atom. The normalized spacial score (nSPS) is 24.7. The maximum Gasteiger partial charge on any atom is 0.127 e. The number of ether oxygens (including phenoxy) is 1. The van der Waals surface area contributed by atoms with Crippen molar-refractivity contribution >= 4 is 5.69 Å².